The van der Waals surface area contributed by atoms with Crippen LogP contribution in [0.1, 0.15) is 74.7 Å². The van der Waals surface area contributed by atoms with Gasteiger partial charge in [0.15, 0.2) is 0 Å². The summed E-state index contributed by atoms with van der Waals surface area (Å²) in [5, 5.41) is 0. The predicted molar refractivity (Wildman–Crippen MR) is 73.2 cm³/mol. The monoisotopic (exact) mass is 212 g/mol. The molecule has 0 nitrogen and oxygen atoms in total. The average Bonchev–Trinajstić information content (AvgIpc) is 2.01. The Hall–Kier alpha value is -0.260. The van der Waals surface area contributed by atoms with Crippen LogP contribution in [0.25, 0.3) is 0 Å². The van der Waals surface area contributed by atoms with E-state index >= 15 is 0 Å². The van der Waals surface area contributed by atoms with E-state index in [4.69, 9.17) is 0 Å². The van der Waals surface area contributed by atoms with Crippen LogP contribution in [0.15, 0.2) is 11.6 Å². The summed E-state index contributed by atoms with van der Waals surface area (Å²) in [5.41, 5.74) is 2.10. The lowest BCUT2D eigenvalue weighted by Crippen LogP contribution is -2.03. The summed E-state index contributed by atoms with van der Waals surface area (Å²) >= 11 is 0. The topological polar surface area (TPSA) is 0 Å². The fourth-order valence-corrected chi connectivity index (χ4v) is 1.55. The first-order chi connectivity index (χ1) is 6.33. The van der Waals surface area contributed by atoms with Gasteiger partial charge in [-0.2, -0.15) is 0 Å². The number of rotatable bonds is 1. The molecule has 0 N–H and O–H groups in total. The van der Waals surface area contributed by atoms with Crippen LogP contribution in [0.4, 0.5) is 0 Å². The predicted octanol–water partition coefficient (Wildman–Crippen LogP) is 5.83. The van der Waals surface area contributed by atoms with Crippen LogP contribution < -0.4 is 0 Å². The van der Waals surface area contributed by atoms with E-state index in [1.54, 1.807) is 5.57 Å². The highest BCUT2D eigenvalue weighted by molar-refractivity contribution is 5.02. The number of hydrogen-bond acceptors (Lipinski definition) is 0. The zero-order valence-corrected chi connectivity index (χ0v) is 11.0. The molecule has 0 spiro atoms. The van der Waals surface area contributed by atoms with Crippen LogP contribution >= 0.6 is 0 Å². The highest BCUT2D eigenvalue weighted by Gasteiger charge is 2.09. The molecule has 0 heteroatoms. The van der Waals surface area contributed by atoms with E-state index in [-0.39, 0.29) is 7.43 Å². The highest BCUT2D eigenvalue weighted by atomic mass is 14.1. The molecule has 0 aliphatic heterocycles. The third kappa shape index (κ3) is 13.7. The van der Waals surface area contributed by atoms with Gasteiger partial charge in [0.2, 0.25) is 0 Å². The van der Waals surface area contributed by atoms with Crippen LogP contribution in [-0.4, -0.2) is 0 Å². The summed E-state index contributed by atoms with van der Waals surface area (Å²) < 4.78 is 0. The lowest BCUT2D eigenvalue weighted by atomic mass is 9.88. The van der Waals surface area contributed by atoms with Gasteiger partial charge in [-0.15, -0.1) is 0 Å². The van der Waals surface area contributed by atoms with Crippen molar-refractivity contribution < 1.29 is 0 Å². The van der Waals surface area contributed by atoms with Crippen molar-refractivity contribution in [3.05, 3.63) is 11.6 Å². The molecule has 1 rings (SSSR count). The highest BCUT2D eigenvalue weighted by Crippen LogP contribution is 2.25. The Morgan fingerprint density at radius 1 is 1.27 bits per heavy atom. The van der Waals surface area contributed by atoms with E-state index in [0.29, 0.717) is 5.41 Å². The van der Waals surface area contributed by atoms with Crippen molar-refractivity contribution >= 4 is 0 Å². The van der Waals surface area contributed by atoms with Gasteiger partial charge >= 0.3 is 0 Å². The second kappa shape index (κ2) is 7.96. The molecular formula is C15H32. The van der Waals surface area contributed by atoms with Gasteiger partial charge in [-0.05, 0) is 37.5 Å². The number of hydrogen-bond donors (Lipinski definition) is 0. The standard InChI is InChI=1S/C9H16.C5H12.CH4/c1-3-9-6-4-5-8(2)7-9;1-5(2,3)4;/h5,9H,3-4,6-7H2,1-2H3;1-4H3;1H4. The van der Waals surface area contributed by atoms with Crippen LogP contribution in [0.3, 0.4) is 0 Å². The van der Waals surface area contributed by atoms with Crippen molar-refractivity contribution in [2.75, 3.05) is 0 Å². The molecule has 0 saturated heterocycles. The second-order valence-electron chi connectivity index (χ2n) is 6.11. The fraction of sp³-hybridized carbons (Fsp3) is 0.867. The van der Waals surface area contributed by atoms with Gasteiger partial charge in [-0.1, -0.05) is 60.1 Å². The van der Waals surface area contributed by atoms with Crippen molar-refractivity contribution in [3.8, 4) is 0 Å². The Kier molecular flexibility index (Phi) is 9.10. The van der Waals surface area contributed by atoms with Crippen LogP contribution in [0.2, 0.25) is 0 Å². The zero-order chi connectivity index (χ0) is 11.2. The van der Waals surface area contributed by atoms with Gasteiger partial charge < -0.3 is 0 Å². The molecular weight excluding hydrogens is 180 g/mol. The Balaban J connectivity index is 0. The Bertz CT molecular complexity index is 163. The van der Waals surface area contributed by atoms with E-state index in [1.807, 2.05) is 0 Å². The normalized spacial score (nSPS) is 20.7. The average molecular weight is 212 g/mol. The van der Waals surface area contributed by atoms with E-state index in [9.17, 15) is 0 Å². The molecule has 0 aromatic heterocycles. The molecule has 0 bridgehead atoms. The first kappa shape index (κ1) is 17.1. The molecule has 92 valence electrons. The molecule has 0 aromatic rings. The van der Waals surface area contributed by atoms with Gasteiger partial charge in [0.05, 0.1) is 0 Å². The Labute approximate surface area is 98.2 Å². The van der Waals surface area contributed by atoms with Crippen molar-refractivity contribution in [1.82, 2.24) is 0 Å². The maximum absolute atomic E-state index is 2.38. The first-order valence-electron chi connectivity index (χ1n) is 5.98. The molecule has 0 saturated carbocycles. The molecule has 15 heavy (non-hydrogen) atoms. The number of allylic oxidation sites excluding steroid dienone is 2. The lowest BCUT2D eigenvalue weighted by molar-refractivity contribution is 0.452. The molecule has 1 unspecified atom stereocenters. The van der Waals surface area contributed by atoms with Crippen molar-refractivity contribution in [3.63, 3.8) is 0 Å². The van der Waals surface area contributed by atoms with Gasteiger partial charge in [-0.25, -0.2) is 0 Å². The van der Waals surface area contributed by atoms with E-state index in [2.05, 4.69) is 47.6 Å². The summed E-state index contributed by atoms with van der Waals surface area (Å²) in [6.45, 7) is 13.3. The molecule has 0 aromatic carbocycles. The molecule has 1 aliphatic rings. The summed E-state index contributed by atoms with van der Waals surface area (Å²) in [4.78, 5) is 0. The minimum Gasteiger partial charge on any atom is -0.0856 e. The van der Waals surface area contributed by atoms with Crippen LogP contribution in [0, 0.1) is 11.3 Å². The van der Waals surface area contributed by atoms with Gasteiger partial charge in [0.25, 0.3) is 0 Å². The van der Waals surface area contributed by atoms with E-state index in [0.717, 1.165) is 5.92 Å². The summed E-state index contributed by atoms with van der Waals surface area (Å²) in [7, 11) is 0. The fourth-order valence-electron chi connectivity index (χ4n) is 1.55. The SMILES string of the molecule is C.CC(C)(C)C.CCC1CCC=C(C)C1. The summed E-state index contributed by atoms with van der Waals surface area (Å²) in [6, 6.07) is 0. The van der Waals surface area contributed by atoms with Crippen molar-refractivity contribution in [2.45, 2.75) is 74.7 Å². The summed E-state index contributed by atoms with van der Waals surface area (Å²) in [5.74, 6) is 0.995. The minimum absolute atomic E-state index is 0. The lowest BCUT2D eigenvalue weighted by Gasteiger charge is -2.18. The maximum Gasteiger partial charge on any atom is -0.0295 e. The Morgan fingerprint density at radius 3 is 2.00 bits per heavy atom. The molecule has 0 amide bonds. The quantitative estimate of drug-likeness (QED) is 0.480. The molecule has 0 fully saturated rings. The smallest absolute Gasteiger partial charge is 0.0295 e. The van der Waals surface area contributed by atoms with Gasteiger partial charge in [0.1, 0.15) is 0 Å². The molecule has 0 radical (unpaired) electrons. The van der Waals surface area contributed by atoms with Crippen molar-refractivity contribution in [2.24, 2.45) is 11.3 Å². The Morgan fingerprint density at radius 2 is 1.73 bits per heavy atom. The van der Waals surface area contributed by atoms with Gasteiger partial charge in [-0.3, -0.25) is 0 Å². The summed E-state index contributed by atoms with van der Waals surface area (Å²) in [6.07, 6.45) is 7.85. The minimum atomic E-state index is 0. The zero-order valence-electron chi connectivity index (χ0n) is 11.0. The van der Waals surface area contributed by atoms with E-state index in [1.165, 1.54) is 25.7 Å². The third-order valence-electron chi connectivity index (χ3n) is 2.26. The van der Waals surface area contributed by atoms with Crippen LogP contribution in [0.5, 0.6) is 0 Å². The first-order valence-corrected chi connectivity index (χ1v) is 5.98. The van der Waals surface area contributed by atoms with Crippen LogP contribution in [-0.2, 0) is 0 Å². The van der Waals surface area contributed by atoms with Crippen molar-refractivity contribution in [1.29, 1.82) is 0 Å². The molecule has 0 heterocycles. The maximum atomic E-state index is 2.38. The van der Waals surface area contributed by atoms with Gasteiger partial charge in [0, 0.05) is 0 Å². The van der Waals surface area contributed by atoms with E-state index < -0.39 is 0 Å². The second-order valence-corrected chi connectivity index (χ2v) is 6.11. The third-order valence-corrected chi connectivity index (χ3v) is 2.26. The largest absolute Gasteiger partial charge is 0.0856 e. The molecule has 1 aliphatic carbocycles. The molecule has 1 atom stereocenters.